The van der Waals surface area contributed by atoms with Gasteiger partial charge >= 0.3 is 0 Å². The minimum Gasteiger partial charge on any atom is -0.369 e. The van der Waals surface area contributed by atoms with Crippen LogP contribution in [0.4, 0.5) is 5.69 Å². The van der Waals surface area contributed by atoms with Gasteiger partial charge in [0.25, 0.3) is 11.8 Å². The van der Waals surface area contributed by atoms with Crippen LogP contribution in [0, 0.1) is 0 Å². The normalized spacial score (nSPS) is 19.3. The van der Waals surface area contributed by atoms with Gasteiger partial charge in [0.05, 0.1) is 26.9 Å². The van der Waals surface area contributed by atoms with Gasteiger partial charge in [0.1, 0.15) is 6.04 Å². The molecule has 2 aliphatic rings. The first-order valence-electron chi connectivity index (χ1n) is 8.48. The molecule has 1 N–H and O–H groups in total. The maximum absolute atomic E-state index is 12.8. The second kappa shape index (κ2) is 8.57. The summed E-state index contributed by atoms with van der Waals surface area (Å²) >= 11 is 2.05. The molecule has 2 heterocycles. The van der Waals surface area contributed by atoms with Crippen LogP contribution in [0.5, 0.6) is 0 Å². The molecule has 0 aromatic heterocycles. The lowest BCUT2D eigenvalue weighted by atomic mass is 10.0. The van der Waals surface area contributed by atoms with Crippen molar-refractivity contribution in [2.75, 3.05) is 24.6 Å². The average molecular weight is 503 g/mol. The number of piperidine rings is 1. The number of hydrogen-bond donors (Lipinski definition) is 1. The Balaban J connectivity index is 1.84. The van der Waals surface area contributed by atoms with E-state index < -0.39 is 23.8 Å². The van der Waals surface area contributed by atoms with Gasteiger partial charge < -0.3 is 9.08 Å². The number of amides is 4. The maximum Gasteiger partial charge on any atom is 0.262 e. The van der Waals surface area contributed by atoms with Crippen LogP contribution in [0.15, 0.2) is 18.2 Å². The van der Waals surface area contributed by atoms with Crippen molar-refractivity contribution >= 4 is 59.7 Å². The lowest BCUT2D eigenvalue weighted by Crippen LogP contribution is -2.54. The van der Waals surface area contributed by atoms with E-state index in [0.717, 1.165) is 10.6 Å². The molecule has 4 amide bonds. The molecule has 8 nitrogen and oxygen atoms in total. The number of carbonyl (C=O) groups excluding carboxylic acids is 4. The minimum atomic E-state index is -0.949. The Morgan fingerprint density at radius 3 is 2.67 bits per heavy atom. The van der Waals surface area contributed by atoms with E-state index in [4.69, 9.17) is 4.18 Å². The zero-order chi connectivity index (χ0) is 19.6. The predicted molar refractivity (Wildman–Crippen MR) is 109 cm³/mol. The largest absolute Gasteiger partial charge is 0.369 e. The van der Waals surface area contributed by atoms with Gasteiger partial charge in [-0.3, -0.25) is 29.4 Å². The molecular weight excluding hydrogens is 485 g/mol. The Hall–Kier alpha value is -1.66. The Labute approximate surface area is 172 Å². The first-order chi connectivity index (χ1) is 13.0. The minimum absolute atomic E-state index is 0.105. The second-order valence-corrected chi connectivity index (χ2v) is 7.58. The summed E-state index contributed by atoms with van der Waals surface area (Å²) in [5.41, 5.74) is 1.37. The molecule has 0 saturated carbocycles. The second-order valence-electron chi connectivity index (χ2n) is 6.14. The van der Waals surface area contributed by atoms with Gasteiger partial charge in [-0.05, 0) is 31.5 Å². The number of carbonyl (C=O) groups is 4. The smallest absolute Gasteiger partial charge is 0.262 e. The summed E-state index contributed by atoms with van der Waals surface area (Å²) in [6.45, 7) is 3.87. The topological polar surface area (TPSA) is 96.0 Å². The van der Waals surface area contributed by atoms with Gasteiger partial charge in [-0.25, -0.2) is 0 Å². The van der Waals surface area contributed by atoms with E-state index in [1.54, 1.807) is 18.2 Å². The highest BCUT2D eigenvalue weighted by molar-refractivity contribution is 14.2. The fourth-order valence-electron chi connectivity index (χ4n) is 3.30. The van der Waals surface area contributed by atoms with Crippen LogP contribution >= 0.6 is 30.4 Å². The van der Waals surface area contributed by atoms with Gasteiger partial charge in [-0.1, -0.05) is 0 Å². The van der Waals surface area contributed by atoms with Gasteiger partial charge in [-0.2, -0.15) is 0 Å². The Kier molecular flexibility index (Phi) is 6.37. The van der Waals surface area contributed by atoms with Crippen LogP contribution in [0.2, 0.25) is 0 Å². The zero-order valence-electron chi connectivity index (χ0n) is 14.6. The highest BCUT2D eigenvalue weighted by Crippen LogP contribution is 2.30. The van der Waals surface area contributed by atoms with E-state index in [2.05, 4.69) is 26.5 Å². The molecule has 1 aromatic carbocycles. The molecule has 10 heteroatoms. The van der Waals surface area contributed by atoms with Gasteiger partial charge in [0.2, 0.25) is 11.8 Å². The van der Waals surface area contributed by atoms with Crippen LogP contribution in [0.1, 0.15) is 40.5 Å². The van der Waals surface area contributed by atoms with E-state index in [1.807, 2.05) is 11.8 Å². The molecule has 1 saturated heterocycles. The molecular formula is C17H18IN3O5S. The van der Waals surface area contributed by atoms with Crippen molar-refractivity contribution in [1.29, 1.82) is 0 Å². The Bertz CT molecular complexity index is 803. The number of hydrogen-bond acceptors (Lipinski definition) is 7. The number of rotatable bonds is 7. The monoisotopic (exact) mass is 503 g/mol. The molecule has 144 valence electrons. The highest BCUT2D eigenvalue weighted by Gasteiger charge is 2.44. The standard InChI is InChI=1S/C17H18IN3O5S/c1-2-20(7-8-26-27-18)10-3-4-11-12(9-10)17(25)21(16(11)24)13-5-6-14(22)19-15(13)23/h3-4,9,13H,2,5-8H2,1H3,(H,19,22,23). The van der Waals surface area contributed by atoms with Crippen LogP contribution < -0.4 is 10.2 Å². The molecule has 0 spiro atoms. The first kappa shape index (κ1) is 20.1. The molecule has 0 aliphatic carbocycles. The van der Waals surface area contributed by atoms with Crippen LogP contribution in [-0.2, 0) is 13.8 Å². The van der Waals surface area contributed by atoms with Gasteiger partial charge in [0, 0.05) is 46.4 Å². The molecule has 0 radical (unpaired) electrons. The fourth-order valence-corrected chi connectivity index (χ4v) is 3.98. The lowest BCUT2D eigenvalue weighted by molar-refractivity contribution is -0.136. The molecule has 3 rings (SSSR count). The summed E-state index contributed by atoms with van der Waals surface area (Å²) < 4.78 is 5.30. The van der Waals surface area contributed by atoms with Crippen molar-refractivity contribution in [2.45, 2.75) is 25.8 Å². The number of anilines is 1. The molecule has 27 heavy (non-hydrogen) atoms. The molecule has 1 aromatic rings. The summed E-state index contributed by atoms with van der Waals surface area (Å²) in [4.78, 5) is 52.0. The molecule has 0 bridgehead atoms. The Morgan fingerprint density at radius 1 is 1.26 bits per heavy atom. The first-order valence-corrected chi connectivity index (χ1v) is 11.8. The molecule has 1 fully saturated rings. The van der Waals surface area contributed by atoms with Crippen LogP contribution in [0.3, 0.4) is 0 Å². The van der Waals surface area contributed by atoms with Gasteiger partial charge in [-0.15, -0.1) is 0 Å². The van der Waals surface area contributed by atoms with E-state index in [9.17, 15) is 19.2 Å². The number of imide groups is 2. The van der Waals surface area contributed by atoms with Crippen molar-refractivity contribution in [3.63, 3.8) is 0 Å². The van der Waals surface area contributed by atoms with Crippen LogP contribution in [0.25, 0.3) is 0 Å². The van der Waals surface area contributed by atoms with Crippen molar-refractivity contribution in [3.05, 3.63) is 29.3 Å². The zero-order valence-corrected chi connectivity index (χ0v) is 17.5. The summed E-state index contributed by atoms with van der Waals surface area (Å²) in [6.07, 6.45) is 0.253. The summed E-state index contributed by atoms with van der Waals surface area (Å²) in [5, 5.41) is 2.19. The van der Waals surface area contributed by atoms with Gasteiger partial charge in [0.15, 0.2) is 0 Å². The van der Waals surface area contributed by atoms with Crippen molar-refractivity contribution in [2.24, 2.45) is 0 Å². The van der Waals surface area contributed by atoms with Crippen molar-refractivity contribution in [1.82, 2.24) is 10.2 Å². The third-order valence-electron chi connectivity index (χ3n) is 4.66. The number of likely N-dealkylation sites (N-methyl/N-ethyl adjacent to an activating group) is 1. The number of benzene rings is 1. The molecule has 1 atom stereocenters. The summed E-state index contributed by atoms with van der Waals surface area (Å²) in [5.74, 6) is -1.99. The Morgan fingerprint density at radius 2 is 2.00 bits per heavy atom. The van der Waals surface area contributed by atoms with E-state index in [1.165, 1.54) is 9.21 Å². The van der Waals surface area contributed by atoms with E-state index >= 15 is 0 Å². The average Bonchev–Trinajstić information content (AvgIpc) is 2.90. The van der Waals surface area contributed by atoms with Crippen LogP contribution in [-0.4, -0.2) is 54.3 Å². The van der Waals surface area contributed by atoms with Crippen molar-refractivity contribution in [3.8, 4) is 0 Å². The lowest BCUT2D eigenvalue weighted by Gasteiger charge is -2.27. The number of nitrogens with zero attached hydrogens (tertiary/aromatic N) is 2. The predicted octanol–water partition coefficient (Wildman–Crippen LogP) is 1.93. The van der Waals surface area contributed by atoms with E-state index in [0.29, 0.717) is 19.7 Å². The fraction of sp³-hybridized carbons (Fsp3) is 0.412. The third kappa shape index (κ3) is 3.97. The van der Waals surface area contributed by atoms with E-state index in [-0.39, 0.29) is 29.9 Å². The van der Waals surface area contributed by atoms with Crippen molar-refractivity contribution < 1.29 is 23.4 Å². The number of halogens is 1. The summed E-state index contributed by atoms with van der Waals surface area (Å²) in [6, 6.07) is 4.14. The quantitative estimate of drug-likeness (QED) is 0.263. The number of fused-ring (bicyclic) bond motifs is 1. The third-order valence-corrected chi connectivity index (χ3v) is 5.68. The molecule has 1 unspecified atom stereocenters. The SMILES string of the molecule is CCN(CCOSI)c1ccc2c(c1)C(=O)N(C1CCC(=O)NC1=O)C2=O. The number of nitrogens with one attached hydrogen (secondary N) is 1. The maximum atomic E-state index is 12.8. The summed E-state index contributed by atoms with van der Waals surface area (Å²) in [7, 11) is 1.26. The molecule has 2 aliphatic heterocycles. The highest BCUT2D eigenvalue weighted by atomic mass is 127.